The second kappa shape index (κ2) is 12.3. The van der Waals surface area contributed by atoms with Crippen molar-refractivity contribution in [2.45, 2.75) is 38.5 Å². The van der Waals surface area contributed by atoms with E-state index in [1.165, 1.54) is 27.8 Å². The molecule has 0 aliphatic carbocycles. The number of fused-ring (bicyclic) bond motifs is 1. The van der Waals surface area contributed by atoms with Gasteiger partial charge in [-0.15, -0.1) is 12.4 Å². The molecule has 7 nitrogen and oxygen atoms in total. The van der Waals surface area contributed by atoms with Crippen molar-refractivity contribution >= 4 is 55.0 Å². The fraction of sp³-hybridized carbons (Fsp3) is 0.440. The average Bonchev–Trinajstić information content (AvgIpc) is 3.21. The molecule has 10 heteroatoms. The first-order valence-electron chi connectivity index (χ1n) is 11.5. The number of benzene rings is 2. The predicted octanol–water partition coefficient (Wildman–Crippen LogP) is 4.96. The van der Waals surface area contributed by atoms with Gasteiger partial charge in [0.05, 0.1) is 15.1 Å². The van der Waals surface area contributed by atoms with Crippen molar-refractivity contribution in [2.24, 2.45) is 0 Å². The molecule has 0 fully saturated rings. The number of hydrogen-bond acceptors (Lipinski definition) is 6. The third-order valence-corrected chi connectivity index (χ3v) is 8.79. The lowest BCUT2D eigenvalue weighted by Crippen LogP contribution is -2.36. The third-order valence-electron chi connectivity index (χ3n) is 5.69. The molecule has 1 amide bonds. The van der Waals surface area contributed by atoms with Gasteiger partial charge in [0.25, 0.3) is 5.91 Å². The summed E-state index contributed by atoms with van der Waals surface area (Å²) in [7, 11) is 1.93. The van der Waals surface area contributed by atoms with Crippen LogP contribution in [0.1, 0.15) is 41.3 Å². The van der Waals surface area contributed by atoms with E-state index in [0.29, 0.717) is 30.3 Å². The van der Waals surface area contributed by atoms with Crippen molar-refractivity contribution < 1.29 is 13.2 Å². The largest absolute Gasteiger partial charge is 0.308 e. The minimum absolute atomic E-state index is 0. The Morgan fingerprint density at radius 2 is 1.66 bits per heavy atom. The Kier molecular flexibility index (Phi) is 10.2. The number of hydrogen-bond donors (Lipinski definition) is 0. The molecule has 0 unspecified atom stereocenters. The number of rotatable bonds is 10. The lowest BCUT2D eigenvalue weighted by molar-refractivity contribution is 0.0985. The molecule has 3 rings (SSSR count). The maximum Gasteiger partial charge on any atom is 0.260 e. The fourth-order valence-corrected chi connectivity index (χ4v) is 5.92. The number of likely N-dealkylation sites (N-methyl/N-ethyl adjacent to an activating group) is 1. The zero-order valence-electron chi connectivity index (χ0n) is 21.2. The van der Waals surface area contributed by atoms with Gasteiger partial charge in [0.1, 0.15) is 0 Å². The molecular formula is C25H35ClN4O3S2. The summed E-state index contributed by atoms with van der Waals surface area (Å²) < 4.78 is 28.1. The highest BCUT2D eigenvalue weighted by Crippen LogP contribution is 2.33. The molecule has 35 heavy (non-hydrogen) atoms. The number of anilines is 1. The normalized spacial score (nSPS) is 11.8. The van der Waals surface area contributed by atoms with Gasteiger partial charge in [0.2, 0.25) is 10.0 Å². The number of carbonyl (C=O) groups is 1. The SMILES string of the molecule is CCCCN(C)S(=O)(=O)c1ccc(C(=O)N(CCN(C)C)c2nc3cc(C)cc(C)c3s2)cc1.Cl. The molecule has 3 aromatic rings. The molecule has 0 radical (unpaired) electrons. The van der Waals surface area contributed by atoms with Gasteiger partial charge < -0.3 is 4.90 Å². The van der Waals surface area contributed by atoms with E-state index >= 15 is 0 Å². The highest BCUT2D eigenvalue weighted by molar-refractivity contribution is 7.89. The van der Waals surface area contributed by atoms with Gasteiger partial charge in [-0.05, 0) is 75.8 Å². The number of aryl methyl sites for hydroxylation is 2. The van der Waals surface area contributed by atoms with Gasteiger partial charge in [-0.25, -0.2) is 17.7 Å². The number of nitrogens with zero attached hydrogens (tertiary/aromatic N) is 4. The van der Waals surface area contributed by atoms with Gasteiger partial charge >= 0.3 is 0 Å². The second-order valence-corrected chi connectivity index (χ2v) is 11.9. The van der Waals surface area contributed by atoms with Crippen LogP contribution in [0.3, 0.4) is 0 Å². The van der Waals surface area contributed by atoms with Gasteiger partial charge in [0, 0.05) is 32.2 Å². The molecule has 192 valence electrons. The standard InChI is InChI=1S/C25H34N4O3S2.ClH/c1-7-8-13-28(6)34(31,32)21-11-9-20(10-12-21)24(30)29(15-14-27(4)5)25-26-22-17-18(2)16-19(3)23(22)33-25;/h9-12,16-17H,7-8,13-15H2,1-6H3;1H. The van der Waals surface area contributed by atoms with Gasteiger partial charge in [-0.3, -0.25) is 9.69 Å². The summed E-state index contributed by atoms with van der Waals surface area (Å²) in [5.41, 5.74) is 3.59. The van der Waals surface area contributed by atoms with E-state index < -0.39 is 10.0 Å². The average molecular weight is 539 g/mol. The Bertz CT molecular complexity index is 1260. The minimum atomic E-state index is -3.58. The number of sulfonamides is 1. The first kappa shape index (κ1) is 29.2. The van der Waals surface area contributed by atoms with E-state index in [1.807, 2.05) is 38.9 Å². The smallest absolute Gasteiger partial charge is 0.260 e. The number of thiazole rings is 1. The molecule has 0 aliphatic heterocycles. The van der Waals surface area contributed by atoms with E-state index in [0.717, 1.165) is 34.2 Å². The molecule has 0 bridgehead atoms. The molecule has 2 aromatic carbocycles. The summed E-state index contributed by atoms with van der Waals surface area (Å²) in [5.74, 6) is -0.196. The van der Waals surface area contributed by atoms with E-state index in [4.69, 9.17) is 4.98 Å². The molecule has 1 heterocycles. The zero-order chi connectivity index (χ0) is 25.0. The predicted molar refractivity (Wildman–Crippen MR) is 148 cm³/mol. The number of amides is 1. The molecular weight excluding hydrogens is 504 g/mol. The first-order chi connectivity index (χ1) is 16.0. The molecule has 0 spiro atoms. The maximum atomic E-state index is 13.5. The van der Waals surface area contributed by atoms with Gasteiger partial charge in [0.15, 0.2) is 5.13 Å². The Morgan fingerprint density at radius 1 is 1.00 bits per heavy atom. The molecule has 0 saturated carbocycles. The molecule has 1 aromatic heterocycles. The number of halogens is 1. The summed E-state index contributed by atoms with van der Waals surface area (Å²) in [6.07, 6.45) is 1.72. The van der Waals surface area contributed by atoms with Crippen LogP contribution in [0, 0.1) is 13.8 Å². The van der Waals surface area contributed by atoms with Crippen LogP contribution < -0.4 is 4.90 Å². The van der Waals surface area contributed by atoms with Crippen LogP contribution in [0.2, 0.25) is 0 Å². The lowest BCUT2D eigenvalue weighted by Gasteiger charge is -2.22. The van der Waals surface area contributed by atoms with Crippen molar-refractivity contribution in [2.75, 3.05) is 45.7 Å². The van der Waals surface area contributed by atoms with Crippen molar-refractivity contribution in [3.8, 4) is 0 Å². The highest BCUT2D eigenvalue weighted by Gasteiger charge is 2.24. The van der Waals surface area contributed by atoms with Crippen molar-refractivity contribution in [3.05, 3.63) is 53.1 Å². The Labute approximate surface area is 219 Å². The summed E-state index contributed by atoms with van der Waals surface area (Å²) in [6, 6.07) is 10.4. The van der Waals surface area contributed by atoms with Crippen LogP contribution in [-0.2, 0) is 10.0 Å². The molecule has 0 aliphatic rings. The van der Waals surface area contributed by atoms with Crippen LogP contribution >= 0.6 is 23.7 Å². The first-order valence-corrected chi connectivity index (χ1v) is 13.7. The number of unbranched alkanes of at least 4 members (excludes halogenated alkanes) is 1. The van der Waals surface area contributed by atoms with Crippen LogP contribution in [0.25, 0.3) is 10.2 Å². The summed E-state index contributed by atoms with van der Waals surface area (Å²) in [6.45, 7) is 7.73. The topological polar surface area (TPSA) is 73.8 Å². The van der Waals surface area contributed by atoms with E-state index in [2.05, 4.69) is 13.0 Å². The third kappa shape index (κ3) is 6.80. The van der Waals surface area contributed by atoms with Crippen LogP contribution in [0.15, 0.2) is 41.3 Å². The second-order valence-electron chi connectivity index (χ2n) is 8.89. The zero-order valence-corrected chi connectivity index (χ0v) is 23.7. The van der Waals surface area contributed by atoms with Crippen molar-refractivity contribution in [1.82, 2.24) is 14.2 Å². The number of carbonyl (C=O) groups excluding carboxylic acids is 1. The summed E-state index contributed by atoms with van der Waals surface area (Å²) in [4.78, 5) is 22.2. The summed E-state index contributed by atoms with van der Waals surface area (Å²) in [5, 5.41) is 0.645. The van der Waals surface area contributed by atoms with Crippen LogP contribution in [0.5, 0.6) is 0 Å². The quantitative estimate of drug-likeness (QED) is 0.364. The maximum absolute atomic E-state index is 13.5. The van der Waals surface area contributed by atoms with E-state index in [9.17, 15) is 13.2 Å². The minimum Gasteiger partial charge on any atom is -0.308 e. The van der Waals surface area contributed by atoms with Crippen LogP contribution in [-0.4, -0.2) is 69.3 Å². The van der Waals surface area contributed by atoms with Crippen LogP contribution in [0.4, 0.5) is 5.13 Å². The van der Waals surface area contributed by atoms with Crippen molar-refractivity contribution in [3.63, 3.8) is 0 Å². The fourth-order valence-electron chi connectivity index (χ4n) is 3.67. The Hall–Kier alpha value is -2.04. The number of aromatic nitrogens is 1. The molecule has 0 N–H and O–H groups in total. The lowest BCUT2D eigenvalue weighted by atomic mass is 10.1. The summed E-state index contributed by atoms with van der Waals surface area (Å²) >= 11 is 1.51. The monoisotopic (exact) mass is 538 g/mol. The molecule has 0 atom stereocenters. The van der Waals surface area contributed by atoms with E-state index in [-0.39, 0.29) is 23.2 Å². The highest BCUT2D eigenvalue weighted by atomic mass is 35.5. The Morgan fingerprint density at radius 3 is 2.26 bits per heavy atom. The molecule has 0 saturated heterocycles. The van der Waals surface area contributed by atoms with Crippen molar-refractivity contribution in [1.29, 1.82) is 0 Å². The van der Waals surface area contributed by atoms with E-state index in [1.54, 1.807) is 24.1 Å². The Balaban J connectivity index is 0.00000432. The van der Waals surface area contributed by atoms with Gasteiger partial charge in [-0.1, -0.05) is 30.7 Å². The van der Waals surface area contributed by atoms with Gasteiger partial charge in [-0.2, -0.15) is 0 Å².